The van der Waals surface area contributed by atoms with Crippen molar-refractivity contribution in [3.05, 3.63) is 29.3 Å². The summed E-state index contributed by atoms with van der Waals surface area (Å²) < 4.78 is 32.5. The number of hydrogen-bond acceptors (Lipinski definition) is 3. The molecule has 0 saturated carbocycles. The molecule has 0 bridgehead atoms. The molecule has 1 saturated heterocycles. The molecule has 1 aromatic rings. The molecule has 0 aliphatic carbocycles. The van der Waals surface area contributed by atoms with Gasteiger partial charge in [-0.3, -0.25) is 0 Å². The molecule has 18 heavy (non-hydrogen) atoms. The maximum atomic E-state index is 13.8. The fourth-order valence-electron chi connectivity index (χ4n) is 2.00. The number of ether oxygens (including phenoxy) is 1. The Kier molecular flexibility index (Phi) is 3.48. The average molecular weight is 252 g/mol. The molecule has 1 fully saturated rings. The molecule has 96 valence electrons. The van der Waals surface area contributed by atoms with E-state index in [1.165, 1.54) is 12.1 Å². The predicted molar refractivity (Wildman–Crippen MR) is 63.2 cm³/mol. The fraction of sp³-hybridized carbons (Fsp3) is 0.462. The van der Waals surface area contributed by atoms with Crippen LogP contribution >= 0.6 is 0 Å². The van der Waals surface area contributed by atoms with Gasteiger partial charge in [0.05, 0.1) is 11.3 Å². The van der Waals surface area contributed by atoms with Crippen molar-refractivity contribution in [1.82, 2.24) is 0 Å². The lowest BCUT2D eigenvalue weighted by Crippen LogP contribution is -2.40. The van der Waals surface area contributed by atoms with Crippen LogP contribution in [0.3, 0.4) is 0 Å². The van der Waals surface area contributed by atoms with Gasteiger partial charge >= 0.3 is 0 Å². The van der Waals surface area contributed by atoms with Gasteiger partial charge in [0, 0.05) is 18.8 Å². The summed E-state index contributed by atoms with van der Waals surface area (Å²) in [6.45, 7) is 3.15. The van der Waals surface area contributed by atoms with Crippen LogP contribution in [-0.4, -0.2) is 18.8 Å². The molecule has 1 aliphatic heterocycles. The number of rotatable bonds is 2. The van der Waals surface area contributed by atoms with Crippen LogP contribution in [0, 0.1) is 23.0 Å². The lowest BCUT2D eigenvalue weighted by molar-refractivity contribution is 0.0657. The summed E-state index contributed by atoms with van der Waals surface area (Å²) in [4.78, 5) is 0. The van der Waals surface area contributed by atoms with Crippen LogP contribution in [0.1, 0.15) is 25.3 Å². The normalized spacial score (nSPS) is 18.1. The van der Waals surface area contributed by atoms with Crippen LogP contribution in [0.5, 0.6) is 0 Å². The molecule has 5 heteroatoms. The molecule has 0 atom stereocenters. The van der Waals surface area contributed by atoms with E-state index in [-0.39, 0.29) is 16.8 Å². The Bertz CT molecular complexity index is 490. The second-order valence-corrected chi connectivity index (χ2v) is 4.70. The van der Waals surface area contributed by atoms with Crippen molar-refractivity contribution in [1.29, 1.82) is 5.26 Å². The van der Waals surface area contributed by atoms with Gasteiger partial charge in [0.1, 0.15) is 6.07 Å². The van der Waals surface area contributed by atoms with Crippen LogP contribution in [0.25, 0.3) is 0 Å². The van der Waals surface area contributed by atoms with Crippen LogP contribution in [0.2, 0.25) is 0 Å². The number of anilines is 1. The van der Waals surface area contributed by atoms with Crippen molar-refractivity contribution in [3.8, 4) is 6.07 Å². The highest BCUT2D eigenvalue weighted by Gasteiger charge is 2.28. The van der Waals surface area contributed by atoms with Gasteiger partial charge in [-0.25, -0.2) is 8.78 Å². The Labute approximate surface area is 104 Å². The summed E-state index contributed by atoms with van der Waals surface area (Å²) in [6, 6.07) is 4.30. The van der Waals surface area contributed by atoms with Crippen molar-refractivity contribution in [2.45, 2.75) is 25.3 Å². The van der Waals surface area contributed by atoms with Gasteiger partial charge in [0.15, 0.2) is 11.6 Å². The number of benzene rings is 1. The zero-order valence-electron chi connectivity index (χ0n) is 10.1. The SMILES string of the molecule is CC1(Nc2ccc(C#N)c(F)c2F)CCOCC1. The summed E-state index contributed by atoms with van der Waals surface area (Å²) in [5.74, 6) is -2.10. The van der Waals surface area contributed by atoms with Crippen molar-refractivity contribution < 1.29 is 13.5 Å². The highest BCUT2D eigenvalue weighted by Crippen LogP contribution is 2.28. The molecule has 2 rings (SSSR count). The van der Waals surface area contributed by atoms with Crippen molar-refractivity contribution >= 4 is 5.69 Å². The van der Waals surface area contributed by atoms with E-state index >= 15 is 0 Å². The van der Waals surface area contributed by atoms with E-state index in [9.17, 15) is 8.78 Å². The maximum absolute atomic E-state index is 13.8. The first-order valence-corrected chi connectivity index (χ1v) is 5.80. The summed E-state index contributed by atoms with van der Waals surface area (Å²) in [5, 5.41) is 11.6. The van der Waals surface area contributed by atoms with E-state index in [1.807, 2.05) is 6.92 Å². The van der Waals surface area contributed by atoms with Crippen molar-refractivity contribution in [2.75, 3.05) is 18.5 Å². The van der Waals surface area contributed by atoms with Crippen molar-refractivity contribution in [3.63, 3.8) is 0 Å². The van der Waals surface area contributed by atoms with E-state index in [1.54, 1.807) is 6.07 Å². The van der Waals surface area contributed by atoms with E-state index in [0.717, 1.165) is 12.8 Å². The average Bonchev–Trinajstić information content (AvgIpc) is 2.36. The number of nitrogens with one attached hydrogen (secondary N) is 1. The highest BCUT2D eigenvalue weighted by atomic mass is 19.2. The van der Waals surface area contributed by atoms with E-state index in [0.29, 0.717) is 13.2 Å². The Morgan fingerprint density at radius 1 is 1.28 bits per heavy atom. The molecule has 1 aromatic carbocycles. The van der Waals surface area contributed by atoms with Crippen LogP contribution in [0.4, 0.5) is 14.5 Å². The molecule has 0 aromatic heterocycles. The maximum Gasteiger partial charge on any atom is 0.183 e. The summed E-state index contributed by atoms with van der Waals surface area (Å²) in [6.07, 6.45) is 1.46. The predicted octanol–water partition coefficient (Wildman–Crippen LogP) is 2.82. The first-order chi connectivity index (χ1) is 8.56. The minimum atomic E-state index is -1.10. The van der Waals surface area contributed by atoms with Gasteiger partial charge in [0.25, 0.3) is 0 Å². The molecule has 3 nitrogen and oxygen atoms in total. The Balaban J connectivity index is 2.24. The van der Waals surface area contributed by atoms with Gasteiger partial charge in [-0.15, -0.1) is 0 Å². The van der Waals surface area contributed by atoms with E-state index < -0.39 is 11.6 Å². The third kappa shape index (κ3) is 2.44. The summed E-state index contributed by atoms with van der Waals surface area (Å²) in [5.41, 5.74) is -0.495. The van der Waals surface area contributed by atoms with Gasteiger partial charge in [-0.05, 0) is 31.9 Å². The van der Waals surface area contributed by atoms with Crippen LogP contribution in [-0.2, 0) is 4.74 Å². The van der Waals surface area contributed by atoms with E-state index in [2.05, 4.69) is 5.32 Å². The van der Waals surface area contributed by atoms with Crippen LogP contribution in [0.15, 0.2) is 12.1 Å². The highest BCUT2D eigenvalue weighted by molar-refractivity contribution is 5.51. The molecule has 0 unspecified atom stereocenters. The molecule has 0 spiro atoms. The lowest BCUT2D eigenvalue weighted by atomic mass is 9.92. The third-order valence-electron chi connectivity index (χ3n) is 3.24. The molecule has 1 heterocycles. The minimum absolute atomic E-state index is 0.0934. The topological polar surface area (TPSA) is 45.0 Å². The largest absolute Gasteiger partial charge is 0.381 e. The monoisotopic (exact) mass is 252 g/mol. The molecular weight excluding hydrogens is 238 g/mol. The fourth-order valence-corrected chi connectivity index (χ4v) is 2.00. The number of nitriles is 1. The summed E-state index contributed by atoms with van der Waals surface area (Å²) in [7, 11) is 0. The molecular formula is C13H14F2N2O. The Morgan fingerprint density at radius 2 is 1.94 bits per heavy atom. The standard InChI is InChI=1S/C13H14F2N2O/c1-13(4-6-18-7-5-13)17-10-3-2-9(8-16)11(14)12(10)15/h2-3,17H,4-7H2,1H3. The van der Waals surface area contributed by atoms with Gasteiger partial charge in [-0.2, -0.15) is 5.26 Å². The Morgan fingerprint density at radius 3 is 2.56 bits per heavy atom. The number of nitrogens with zero attached hydrogens (tertiary/aromatic N) is 1. The number of halogens is 2. The lowest BCUT2D eigenvalue weighted by Gasteiger charge is -2.35. The molecule has 1 N–H and O–H groups in total. The first kappa shape index (κ1) is 12.8. The third-order valence-corrected chi connectivity index (χ3v) is 3.24. The smallest absolute Gasteiger partial charge is 0.183 e. The molecule has 0 amide bonds. The second-order valence-electron chi connectivity index (χ2n) is 4.70. The van der Waals surface area contributed by atoms with Gasteiger partial charge < -0.3 is 10.1 Å². The zero-order chi connectivity index (χ0) is 13.2. The molecule has 1 aliphatic rings. The number of hydrogen-bond donors (Lipinski definition) is 1. The molecule has 0 radical (unpaired) electrons. The quantitative estimate of drug-likeness (QED) is 0.880. The first-order valence-electron chi connectivity index (χ1n) is 5.80. The summed E-state index contributed by atoms with van der Waals surface area (Å²) >= 11 is 0. The van der Waals surface area contributed by atoms with Gasteiger partial charge in [-0.1, -0.05) is 0 Å². The second kappa shape index (κ2) is 4.91. The van der Waals surface area contributed by atoms with Gasteiger partial charge in [0.2, 0.25) is 0 Å². The zero-order valence-corrected chi connectivity index (χ0v) is 10.1. The Hall–Kier alpha value is -1.67. The minimum Gasteiger partial charge on any atom is -0.381 e. The van der Waals surface area contributed by atoms with Crippen molar-refractivity contribution in [2.24, 2.45) is 0 Å². The van der Waals surface area contributed by atoms with Crippen LogP contribution < -0.4 is 5.32 Å². The van der Waals surface area contributed by atoms with E-state index in [4.69, 9.17) is 10.00 Å².